The van der Waals surface area contributed by atoms with Crippen molar-refractivity contribution in [1.29, 1.82) is 0 Å². The molecule has 0 bridgehead atoms. The average Bonchev–Trinajstić information content (AvgIpc) is 2.80. The zero-order valence-corrected chi connectivity index (χ0v) is 18.9. The van der Waals surface area contributed by atoms with Crippen molar-refractivity contribution in [2.45, 2.75) is 50.6 Å². The molecule has 4 rings (SSSR count). The van der Waals surface area contributed by atoms with Crippen LogP contribution in [0.25, 0.3) is 5.57 Å². The van der Waals surface area contributed by atoms with Crippen molar-refractivity contribution in [3.63, 3.8) is 0 Å². The molecule has 0 atom stereocenters. The minimum atomic E-state index is -4.34. The number of hydrogen-bond donors (Lipinski definition) is 0. The summed E-state index contributed by atoms with van der Waals surface area (Å²) in [6, 6.07) is 13.6. The van der Waals surface area contributed by atoms with Gasteiger partial charge in [-0.3, -0.25) is 9.69 Å². The lowest BCUT2D eigenvalue weighted by Gasteiger charge is -2.26. The second kappa shape index (κ2) is 10.7. The molecule has 32 heavy (non-hydrogen) atoms. The Morgan fingerprint density at radius 1 is 1.00 bits per heavy atom. The Labute approximate surface area is 193 Å². The first-order valence-electron chi connectivity index (χ1n) is 11.1. The van der Waals surface area contributed by atoms with Gasteiger partial charge in [-0.15, -0.1) is 12.4 Å². The molecule has 0 N–H and O–H groups in total. The number of carbonyl (C=O) groups excluding carboxylic acids is 1. The SMILES string of the molecule is Cl.O=C(CN1CC=C(c2cccc(C(F)(F)F)c2)CC1)c1ccc(C2CCCCC2)cc1. The lowest BCUT2D eigenvalue weighted by Crippen LogP contribution is -2.33. The van der Waals surface area contributed by atoms with Gasteiger partial charge >= 0.3 is 6.18 Å². The number of rotatable bonds is 5. The number of benzene rings is 2. The lowest BCUT2D eigenvalue weighted by atomic mass is 9.84. The first-order chi connectivity index (χ1) is 14.9. The molecule has 1 aliphatic heterocycles. The Kier molecular flexibility index (Phi) is 8.18. The molecule has 0 aromatic heterocycles. The Morgan fingerprint density at radius 3 is 2.34 bits per heavy atom. The van der Waals surface area contributed by atoms with Crippen molar-refractivity contribution in [1.82, 2.24) is 4.90 Å². The van der Waals surface area contributed by atoms with E-state index in [1.165, 1.54) is 49.8 Å². The second-order valence-electron chi connectivity index (χ2n) is 8.67. The van der Waals surface area contributed by atoms with Gasteiger partial charge in [-0.1, -0.05) is 61.7 Å². The third-order valence-electron chi connectivity index (χ3n) is 6.53. The van der Waals surface area contributed by atoms with Crippen LogP contribution in [0.3, 0.4) is 0 Å². The Morgan fingerprint density at radius 2 is 1.72 bits per heavy atom. The molecule has 0 saturated heterocycles. The highest BCUT2D eigenvalue weighted by Gasteiger charge is 2.30. The van der Waals surface area contributed by atoms with E-state index < -0.39 is 11.7 Å². The van der Waals surface area contributed by atoms with Crippen LogP contribution in [0.15, 0.2) is 54.6 Å². The van der Waals surface area contributed by atoms with E-state index in [0.717, 1.165) is 17.2 Å². The van der Waals surface area contributed by atoms with E-state index in [0.29, 0.717) is 37.5 Å². The maximum absolute atomic E-state index is 13.0. The molecule has 1 aliphatic carbocycles. The molecular weight excluding hydrogens is 435 g/mol. The number of Topliss-reactive ketones (excluding diaryl/α,β-unsaturated/α-hetero) is 1. The molecule has 2 aliphatic rings. The monoisotopic (exact) mass is 463 g/mol. The van der Waals surface area contributed by atoms with E-state index >= 15 is 0 Å². The molecule has 2 aromatic rings. The molecule has 1 saturated carbocycles. The van der Waals surface area contributed by atoms with Gasteiger partial charge in [-0.25, -0.2) is 0 Å². The van der Waals surface area contributed by atoms with Gasteiger partial charge < -0.3 is 0 Å². The van der Waals surface area contributed by atoms with Crippen LogP contribution >= 0.6 is 12.4 Å². The minimum Gasteiger partial charge on any atom is -0.293 e. The van der Waals surface area contributed by atoms with E-state index in [1.54, 1.807) is 6.07 Å². The van der Waals surface area contributed by atoms with Gasteiger partial charge in [-0.2, -0.15) is 13.2 Å². The summed E-state index contributed by atoms with van der Waals surface area (Å²) in [7, 11) is 0. The first kappa shape index (κ1) is 24.5. The standard InChI is InChI=1S/C26H28F3NO.ClH/c27-26(28,29)24-8-4-7-23(17-24)21-13-15-30(16-14-21)18-25(31)22-11-9-20(10-12-22)19-5-2-1-3-6-19;/h4,7-13,17,19H,1-3,5-6,14-16,18H2;1H. The van der Waals surface area contributed by atoms with Gasteiger partial charge in [0.15, 0.2) is 5.78 Å². The summed E-state index contributed by atoms with van der Waals surface area (Å²) in [5.74, 6) is 0.713. The smallest absolute Gasteiger partial charge is 0.293 e. The lowest BCUT2D eigenvalue weighted by molar-refractivity contribution is -0.137. The predicted octanol–water partition coefficient (Wildman–Crippen LogP) is 7.15. The fraction of sp³-hybridized carbons (Fsp3) is 0.423. The van der Waals surface area contributed by atoms with Gasteiger partial charge in [0.05, 0.1) is 12.1 Å². The summed E-state index contributed by atoms with van der Waals surface area (Å²) < 4.78 is 38.9. The van der Waals surface area contributed by atoms with E-state index in [9.17, 15) is 18.0 Å². The van der Waals surface area contributed by atoms with E-state index in [-0.39, 0.29) is 18.2 Å². The van der Waals surface area contributed by atoms with Crippen LogP contribution in [-0.4, -0.2) is 30.3 Å². The summed E-state index contributed by atoms with van der Waals surface area (Å²) in [5.41, 5.74) is 2.96. The number of nitrogens with zero attached hydrogens (tertiary/aromatic N) is 1. The Balaban J connectivity index is 0.00000289. The molecule has 6 heteroatoms. The zero-order valence-electron chi connectivity index (χ0n) is 18.0. The van der Waals surface area contributed by atoms with Crippen molar-refractivity contribution in [3.05, 3.63) is 76.9 Å². The van der Waals surface area contributed by atoms with E-state index in [2.05, 4.69) is 17.0 Å². The third kappa shape index (κ3) is 6.02. The summed E-state index contributed by atoms with van der Waals surface area (Å²) in [6.45, 7) is 1.56. The van der Waals surface area contributed by atoms with Crippen LogP contribution in [0.1, 0.15) is 71.5 Å². The van der Waals surface area contributed by atoms with Crippen LogP contribution in [0, 0.1) is 0 Å². The normalized spacial score (nSPS) is 18.0. The maximum Gasteiger partial charge on any atom is 0.416 e. The summed E-state index contributed by atoms with van der Waals surface area (Å²) >= 11 is 0. The van der Waals surface area contributed by atoms with E-state index in [1.807, 2.05) is 18.2 Å². The Hall–Kier alpha value is -2.11. The van der Waals surface area contributed by atoms with Gasteiger partial charge in [-0.05, 0) is 54.0 Å². The number of carbonyl (C=O) groups is 1. The summed E-state index contributed by atoms with van der Waals surface area (Å²) in [4.78, 5) is 14.8. The van der Waals surface area contributed by atoms with E-state index in [4.69, 9.17) is 0 Å². The van der Waals surface area contributed by atoms with Gasteiger partial charge in [0.1, 0.15) is 0 Å². The largest absolute Gasteiger partial charge is 0.416 e. The Bertz CT molecular complexity index is 946. The van der Waals surface area contributed by atoms with Gasteiger partial charge in [0.2, 0.25) is 0 Å². The maximum atomic E-state index is 13.0. The highest BCUT2D eigenvalue weighted by Crippen LogP contribution is 2.33. The minimum absolute atomic E-state index is 0. The first-order valence-corrected chi connectivity index (χ1v) is 11.1. The molecule has 172 valence electrons. The fourth-order valence-corrected chi connectivity index (χ4v) is 4.68. The predicted molar refractivity (Wildman–Crippen MR) is 124 cm³/mol. The fourth-order valence-electron chi connectivity index (χ4n) is 4.68. The molecule has 0 radical (unpaired) electrons. The average molecular weight is 464 g/mol. The summed E-state index contributed by atoms with van der Waals surface area (Å²) in [5, 5.41) is 0. The molecule has 0 amide bonds. The third-order valence-corrected chi connectivity index (χ3v) is 6.53. The molecular formula is C26H29ClF3NO. The molecule has 1 heterocycles. The number of ketones is 1. The van der Waals surface area contributed by atoms with Crippen LogP contribution in [0.5, 0.6) is 0 Å². The number of hydrogen-bond acceptors (Lipinski definition) is 2. The van der Waals surface area contributed by atoms with Crippen LogP contribution in [0.4, 0.5) is 13.2 Å². The van der Waals surface area contributed by atoms with Crippen molar-refractivity contribution in [3.8, 4) is 0 Å². The van der Waals surface area contributed by atoms with Crippen molar-refractivity contribution < 1.29 is 18.0 Å². The van der Waals surface area contributed by atoms with Crippen molar-refractivity contribution >= 4 is 23.8 Å². The number of halogens is 4. The van der Waals surface area contributed by atoms with Crippen LogP contribution < -0.4 is 0 Å². The highest BCUT2D eigenvalue weighted by molar-refractivity contribution is 5.97. The second-order valence-corrected chi connectivity index (χ2v) is 8.67. The van der Waals surface area contributed by atoms with Crippen molar-refractivity contribution in [2.24, 2.45) is 0 Å². The molecule has 0 unspecified atom stereocenters. The molecule has 1 fully saturated rings. The van der Waals surface area contributed by atoms with Crippen molar-refractivity contribution in [2.75, 3.05) is 19.6 Å². The van der Waals surface area contributed by atoms with Gasteiger partial charge in [0, 0.05) is 18.7 Å². The van der Waals surface area contributed by atoms with Crippen LogP contribution in [0.2, 0.25) is 0 Å². The molecule has 2 nitrogen and oxygen atoms in total. The summed E-state index contributed by atoms with van der Waals surface area (Å²) in [6.07, 6.45) is 4.62. The molecule has 0 spiro atoms. The number of alkyl halides is 3. The topological polar surface area (TPSA) is 20.3 Å². The highest BCUT2D eigenvalue weighted by atomic mass is 35.5. The zero-order chi connectivity index (χ0) is 21.8. The van der Waals surface area contributed by atoms with Crippen LogP contribution in [-0.2, 0) is 6.18 Å². The quantitative estimate of drug-likeness (QED) is 0.439. The molecule has 2 aromatic carbocycles. The van der Waals surface area contributed by atoms with Gasteiger partial charge in [0.25, 0.3) is 0 Å².